The lowest BCUT2D eigenvalue weighted by atomic mass is 10.2. The van der Waals surface area contributed by atoms with E-state index in [1.54, 1.807) is 24.3 Å². The third kappa shape index (κ3) is 3.95. The predicted molar refractivity (Wildman–Crippen MR) is 113 cm³/mol. The van der Waals surface area contributed by atoms with Crippen LogP contribution in [0.25, 0.3) is 22.4 Å². The van der Waals surface area contributed by atoms with Crippen molar-refractivity contribution in [3.8, 4) is 17.2 Å². The van der Waals surface area contributed by atoms with Crippen LogP contribution in [-0.4, -0.2) is 17.6 Å². The van der Waals surface area contributed by atoms with Gasteiger partial charge in [-0.05, 0) is 37.3 Å². The van der Waals surface area contributed by atoms with Crippen molar-refractivity contribution < 1.29 is 13.9 Å². The molecule has 0 unspecified atom stereocenters. The summed E-state index contributed by atoms with van der Waals surface area (Å²) in [5.41, 5.74) is 1.92. The number of halogens is 1. The Hall–Kier alpha value is -3.03. The molecule has 4 rings (SSSR count). The minimum absolute atomic E-state index is 0.397. The maximum atomic E-state index is 12.2. The van der Waals surface area contributed by atoms with Gasteiger partial charge in [0.25, 0.3) is 0 Å². The number of nitrogens with one attached hydrogen (secondary N) is 2. The fraction of sp³-hybridized carbons (Fsp3) is 0.100. The van der Waals surface area contributed by atoms with Crippen LogP contribution in [0.5, 0.6) is 5.75 Å². The standard InChI is InChI=1S/C20H16ClN3O3S/c1-2-26-16-8-3-5-12-9-17(27-18(12)16)15-11-28-20(23-15)24-19(25)22-14-7-4-6-13(21)10-14/h3-11H,2H2,1H3,(H2,22,23,24,25). The number of fused-ring (bicyclic) bond motifs is 1. The Morgan fingerprint density at radius 3 is 2.89 bits per heavy atom. The summed E-state index contributed by atoms with van der Waals surface area (Å²) in [4.78, 5) is 16.6. The van der Waals surface area contributed by atoms with Gasteiger partial charge in [0.2, 0.25) is 0 Å². The van der Waals surface area contributed by atoms with Gasteiger partial charge < -0.3 is 14.5 Å². The van der Waals surface area contributed by atoms with Crippen LogP contribution in [0, 0.1) is 0 Å². The van der Waals surface area contributed by atoms with Crippen LogP contribution >= 0.6 is 22.9 Å². The molecule has 0 saturated carbocycles. The van der Waals surface area contributed by atoms with E-state index in [1.807, 2.05) is 36.6 Å². The number of aromatic nitrogens is 1. The van der Waals surface area contributed by atoms with Crippen molar-refractivity contribution in [1.82, 2.24) is 4.98 Å². The molecular formula is C20H16ClN3O3S. The number of benzene rings is 2. The van der Waals surface area contributed by atoms with Gasteiger partial charge in [0.05, 0.1) is 6.61 Å². The first-order valence-electron chi connectivity index (χ1n) is 8.57. The monoisotopic (exact) mass is 413 g/mol. The molecule has 0 aliphatic carbocycles. The lowest BCUT2D eigenvalue weighted by Gasteiger charge is -2.05. The van der Waals surface area contributed by atoms with Gasteiger partial charge in [-0.25, -0.2) is 9.78 Å². The highest BCUT2D eigenvalue weighted by atomic mass is 35.5. The van der Waals surface area contributed by atoms with Crippen LogP contribution in [0.4, 0.5) is 15.6 Å². The van der Waals surface area contributed by atoms with Crippen LogP contribution < -0.4 is 15.4 Å². The molecule has 28 heavy (non-hydrogen) atoms. The van der Waals surface area contributed by atoms with Crippen LogP contribution in [0.1, 0.15) is 6.92 Å². The number of para-hydroxylation sites is 1. The van der Waals surface area contributed by atoms with Gasteiger partial charge in [0.15, 0.2) is 22.2 Å². The van der Waals surface area contributed by atoms with Crippen LogP contribution in [0.3, 0.4) is 0 Å². The smallest absolute Gasteiger partial charge is 0.325 e. The average Bonchev–Trinajstić information content (AvgIpc) is 3.29. The molecule has 4 aromatic rings. The molecule has 0 bridgehead atoms. The molecule has 6 nitrogen and oxygen atoms in total. The van der Waals surface area contributed by atoms with Gasteiger partial charge in [-0.2, -0.15) is 0 Å². The molecule has 2 aromatic carbocycles. The zero-order valence-electron chi connectivity index (χ0n) is 14.9. The SMILES string of the molecule is CCOc1cccc2cc(-c3csc(NC(=O)Nc4cccc(Cl)c4)n3)oc12. The maximum absolute atomic E-state index is 12.2. The highest BCUT2D eigenvalue weighted by Gasteiger charge is 2.14. The van der Waals surface area contributed by atoms with Crippen molar-refractivity contribution in [3.63, 3.8) is 0 Å². The van der Waals surface area contributed by atoms with E-state index >= 15 is 0 Å². The van der Waals surface area contributed by atoms with E-state index in [2.05, 4.69) is 15.6 Å². The molecule has 142 valence electrons. The quantitative estimate of drug-likeness (QED) is 0.405. The van der Waals surface area contributed by atoms with E-state index < -0.39 is 6.03 Å². The number of rotatable bonds is 5. The van der Waals surface area contributed by atoms with Crippen molar-refractivity contribution in [2.24, 2.45) is 0 Å². The summed E-state index contributed by atoms with van der Waals surface area (Å²) in [5, 5.41) is 9.19. The van der Waals surface area contributed by atoms with E-state index in [0.29, 0.717) is 45.2 Å². The van der Waals surface area contributed by atoms with Crippen LogP contribution in [0.2, 0.25) is 5.02 Å². The van der Waals surface area contributed by atoms with Gasteiger partial charge >= 0.3 is 6.03 Å². The van der Waals surface area contributed by atoms with Gasteiger partial charge in [-0.15, -0.1) is 11.3 Å². The minimum Gasteiger partial charge on any atom is -0.490 e. The summed E-state index contributed by atoms with van der Waals surface area (Å²) < 4.78 is 11.5. The molecule has 0 saturated heterocycles. The summed E-state index contributed by atoms with van der Waals surface area (Å²) in [6, 6.07) is 14.2. The fourth-order valence-corrected chi connectivity index (χ4v) is 3.59. The molecular weight excluding hydrogens is 398 g/mol. The number of nitrogens with zero attached hydrogens (tertiary/aromatic N) is 1. The number of ether oxygens (including phenoxy) is 1. The molecule has 2 heterocycles. The second kappa shape index (κ2) is 7.92. The molecule has 0 aliphatic heterocycles. The number of amides is 2. The summed E-state index contributed by atoms with van der Waals surface area (Å²) in [6.45, 7) is 2.48. The van der Waals surface area contributed by atoms with E-state index in [1.165, 1.54) is 11.3 Å². The third-order valence-electron chi connectivity index (χ3n) is 3.87. The first kappa shape index (κ1) is 18.3. The molecule has 0 fully saturated rings. The number of hydrogen-bond acceptors (Lipinski definition) is 5. The molecule has 0 radical (unpaired) electrons. The number of carbonyl (C=O) groups is 1. The van der Waals surface area contributed by atoms with Crippen molar-refractivity contribution in [2.75, 3.05) is 17.2 Å². The highest BCUT2D eigenvalue weighted by Crippen LogP contribution is 2.34. The summed E-state index contributed by atoms with van der Waals surface area (Å²) in [7, 11) is 0. The Balaban J connectivity index is 1.50. The third-order valence-corrected chi connectivity index (χ3v) is 4.86. The first-order chi connectivity index (χ1) is 13.6. The van der Waals surface area contributed by atoms with Crippen molar-refractivity contribution in [3.05, 3.63) is 58.9 Å². The Kier molecular flexibility index (Phi) is 5.18. The predicted octanol–water partition coefficient (Wildman–Crippen LogP) is 6.25. The Morgan fingerprint density at radius 1 is 1.21 bits per heavy atom. The molecule has 0 spiro atoms. The lowest BCUT2D eigenvalue weighted by molar-refractivity contribution is 0.262. The van der Waals surface area contributed by atoms with Gasteiger partial charge in [-0.1, -0.05) is 29.8 Å². The largest absolute Gasteiger partial charge is 0.490 e. The number of thiazole rings is 1. The zero-order valence-corrected chi connectivity index (χ0v) is 16.4. The van der Waals surface area contributed by atoms with Crippen molar-refractivity contribution in [1.29, 1.82) is 0 Å². The van der Waals surface area contributed by atoms with Crippen LogP contribution in [0.15, 0.2) is 58.3 Å². The Bertz CT molecular complexity index is 1140. The number of urea groups is 1. The molecule has 2 amide bonds. The molecule has 8 heteroatoms. The topological polar surface area (TPSA) is 76.4 Å². The van der Waals surface area contributed by atoms with Gasteiger partial charge in [-0.3, -0.25) is 5.32 Å². The Labute approximate surface area is 170 Å². The fourth-order valence-electron chi connectivity index (χ4n) is 2.70. The van der Waals surface area contributed by atoms with E-state index in [9.17, 15) is 4.79 Å². The van der Waals surface area contributed by atoms with E-state index in [-0.39, 0.29) is 0 Å². The lowest BCUT2D eigenvalue weighted by Crippen LogP contribution is -2.19. The number of furan rings is 1. The van der Waals surface area contributed by atoms with Crippen molar-refractivity contribution >= 4 is 50.8 Å². The second-order valence-electron chi connectivity index (χ2n) is 5.85. The Morgan fingerprint density at radius 2 is 2.07 bits per heavy atom. The summed E-state index contributed by atoms with van der Waals surface area (Å²) >= 11 is 7.23. The molecule has 0 atom stereocenters. The number of hydrogen-bond donors (Lipinski definition) is 2. The number of anilines is 2. The zero-order chi connectivity index (χ0) is 19.5. The summed E-state index contributed by atoms with van der Waals surface area (Å²) in [5.74, 6) is 1.31. The molecule has 2 N–H and O–H groups in total. The summed E-state index contributed by atoms with van der Waals surface area (Å²) in [6.07, 6.45) is 0. The van der Waals surface area contributed by atoms with Crippen molar-refractivity contribution in [2.45, 2.75) is 6.92 Å². The highest BCUT2D eigenvalue weighted by molar-refractivity contribution is 7.14. The average molecular weight is 414 g/mol. The second-order valence-corrected chi connectivity index (χ2v) is 7.14. The minimum atomic E-state index is -0.397. The van der Waals surface area contributed by atoms with Gasteiger partial charge in [0, 0.05) is 21.5 Å². The first-order valence-corrected chi connectivity index (χ1v) is 9.83. The van der Waals surface area contributed by atoms with Gasteiger partial charge in [0.1, 0.15) is 5.69 Å². The van der Waals surface area contributed by atoms with E-state index in [4.69, 9.17) is 20.8 Å². The molecule has 2 aromatic heterocycles. The van der Waals surface area contributed by atoms with E-state index in [0.717, 1.165) is 5.39 Å². The molecule has 0 aliphatic rings. The maximum Gasteiger partial charge on any atom is 0.325 e. The normalized spacial score (nSPS) is 10.8. The van der Waals surface area contributed by atoms with Crippen LogP contribution in [-0.2, 0) is 0 Å². The number of carbonyl (C=O) groups excluding carboxylic acids is 1.